The molecule has 1 aromatic carbocycles. The van der Waals surface area contributed by atoms with Crippen LogP contribution < -0.4 is 5.73 Å². The number of allylic oxidation sites excluding steroid dienone is 2. The maximum absolute atomic E-state index is 13.1. The van der Waals surface area contributed by atoms with Crippen LogP contribution in [0.15, 0.2) is 41.2 Å². The molecule has 0 aliphatic heterocycles. The van der Waals surface area contributed by atoms with Crippen molar-refractivity contribution >= 4 is 29.1 Å². The number of aldehydes is 1. The highest BCUT2D eigenvalue weighted by molar-refractivity contribution is 6.10. The highest BCUT2D eigenvalue weighted by Gasteiger charge is 2.28. The van der Waals surface area contributed by atoms with E-state index >= 15 is 0 Å². The summed E-state index contributed by atoms with van der Waals surface area (Å²) in [7, 11) is 0. The largest absolute Gasteiger partial charge is 0.397 e. The molecular weight excluding hydrogens is 314 g/mol. The monoisotopic (exact) mass is 330 g/mol. The lowest BCUT2D eigenvalue weighted by Gasteiger charge is -2.27. The summed E-state index contributed by atoms with van der Waals surface area (Å²) in [6.45, 7) is 0. The molecule has 0 bridgehead atoms. The van der Waals surface area contributed by atoms with Crippen LogP contribution in [0.5, 0.6) is 0 Å². The van der Waals surface area contributed by atoms with Gasteiger partial charge in [-0.25, -0.2) is 13.8 Å². The van der Waals surface area contributed by atoms with Crippen LogP contribution in [0.2, 0.25) is 0 Å². The van der Waals surface area contributed by atoms with Crippen molar-refractivity contribution in [2.45, 2.75) is 25.3 Å². The molecule has 1 saturated carbocycles. The summed E-state index contributed by atoms with van der Waals surface area (Å²) in [5.41, 5.74) is 6.54. The third kappa shape index (κ3) is 3.29. The van der Waals surface area contributed by atoms with Gasteiger partial charge in [-0.3, -0.25) is 9.98 Å². The Kier molecular flexibility index (Phi) is 4.59. The minimum atomic E-state index is -2.82. The van der Waals surface area contributed by atoms with Crippen molar-refractivity contribution in [3.8, 4) is 0 Å². The second-order valence-electron chi connectivity index (χ2n) is 5.71. The van der Waals surface area contributed by atoms with Gasteiger partial charge in [0, 0.05) is 17.7 Å². The fraction of sp³-hybridized carbons (Fsp3) is 0.294. The molecule has 1 aromatic heterocycles. The van der Waals surface area contributed by atoms with Crippen LogP contribution in [0, 0.1) is 5.92 Å². The first-order valence-electron chi connectivity index (χ1n) is 7.57. The van der Waals surface area contributed by atoms with Gasteiger partial charge in [-0.15, -0.1) is 0 Å². The molecule has 0 radical (unpaired) electrons. The van der Waals surface area contributed by atoms with Gasteiger partial charge in [-0.05, 0) is 25.0 Å². The van der Waals surface area contributed by atoms with Gasteiger partial charge in [0.1, 0.15) is 6.29 Å². The standard InChI is InChI=1S/C17H16F2N4O/c18-17(19)16(20)12(7-21-11-5-10(6-11)9-24)15-8-22-13-3-1-2-4-14(13)23-15/h1-4,7-11,17H,5-6,20H2. The van der Waals surface area contributed by atoms with E-state index in [1.165, 1.54) is 12.4 Å². The van der Waals surface area contributed by atoms with E-state index in [-0.39, 0.29) is 23.2 Å². The van der Waals surface area contributed by atoms with Crippen molar-refractivity contribution in [1.29, 1.82) is 0 Å². The molecule has 3 rings (SSSR count). The smallest absolute Gasteiger partial charge is 0.278 e. The number of nitrogens with two attached hydrogens (primary N) is 1. The Morgan fingerprint density at radius 2 is 2.00 bits per heavy atom. The van der Waals surface area contributed by atoms with Crippen molar-refractivity contribution in [3.63, 3.8) is 0 Å². The zero-order valence-electron chi connectivity index (χ0n) is 12.8. The molecule has 0 unspecified atom stereocenters. The lowest BCUT2D eigenvalue weighted by Crippen LogP contribution is -2.28. The first-order valence-corrected chi connectivity index (χ1v) is 7.57. The lowest BCUT2D eigenvalue weighted by molar-refractivity contribution is -0.113. The van der Waals surface area contributed by atoms with Crippen LogP contribution in [0.4, 0.5) is 8.78 Å². The van der Waals surface area contributed by atoms with E-state index < -0.39 is 12.1 Å². The molecular formula is C17H16F2N4O. The summed E-state index contributed by atoms with van der Waals surface area (Å²) >= 11 is 0. The van der Waals surface area contributed by atoms with E-state index in [4.69, 9.17) is 5.73 Å². The minimum Gasteiger partial charge on any atom is -0.397 e. The van der Waals surface area contributed by atoms with E-state index in [2.05, 4.69) is 15.0 Å². The zero-order valence-corrected chi connectivity index (χ0v) is 12.8. The van der Waals surface area contributed by atoms with E-state index in [0.29, 0.717) is 23.9 Å². The van der Waals surface area contributed by atoms with Gasteiger partial charge >= 0.3 is 0 Å². The number of hydrogen-bond donors (Lipinski definition) is 1. The molecule has 124 valence electrons. The fourth-order valence-corrected chi connectivity index (χ4v) is 2.54. The van der Waals surface area contributed by atoms with Gasteiger partial charge < -0.3 is 10.5 Å². The molecule has 1 fully saturated rings. The Bertz CT molecular complexity index is 813. The van der Waals surface area contributed by atoms with Crippen LogP contribution in [-0.2, 0) is 4.79 Å². The van der Waals surface area contributed by atoms with Gasteiger partial charge in [0.15, 0.2) is 0 Å². The molecule has 0 atom stereocenters. The molecule has 1 aliphatic carbocycles. The van der Waals surface area contributed by atoms with Gasteiger partial charge in [0.25, 0.3) is 6.43 Å². The minimum absolute atomic E-state index is 0.00693. The number of alkyl halides is 2. The predicted molar refractivity (Wildman–Crippen MR) is 87.7 cm³/mol. The number of hydrogen-bond acceptors (Lipinski definition) is 5. The Balaban J connectivity index is 1.93. The molecule has 1 aliphatic rings. The topological polar surface area (TPSA) is 81.2 Å². The molecule has 0 amide bonds. The number of fused-ring (bicyclic) bond motifs is 1. The second-order valence-corrected chi connectivity index (χ2v) is 5.71. The maximum Gasteiger partial charge on any atom is 0.278 e. The van der Waals surface area contributed by atoms with E-state index in [0.717, 1.165) is 6.29 Å². The zero-order chi connectivity index (χ0) is 17.1. The quantitative estimate of drug-likeness (QED) is 0.675. The summed E-state index contributed by atoms with van der Waals surface area (Å²) < 4.78 is 26.2. The number of aromatic nitrogens is 2. The first kappa shape index (κ1) is 16.2. The highest BCUT2D eigenvalue weighted by Crippen LogP contribution is 2.29. The number of benzene rings is 1. The third-order valence-corrected chi connectivity index (χ3v) is 4.03. The molecule has 0 saturated heterocycles. The molecule has 24 heavy (non-hydrogen) atoms. The Morgan fingerprint density at radius 3 is 2.67 bits per heavy atom. The average Bonchev–Trinajstić information content (AvgIpc) is 2.56. The Morgan fingerprint density at radius 1 is 1.29 bits per heavy atom. The molecule has 0 spiro atoms. The van der Waals surface area contributed by atoms with Crippen LogP contribution in [0.1, 0.15) is 18.5 Å². The number of aliphatic imine (C=N–C) groups is 1. The number of para-hydroxylation sites is 2. The SMILES string of the molecule is NC(=C(C=NC1CC(C=O)C1)c1cnc2ccccc2n1)C(F)F. The number of carbonyl (C=O) groups is 1. The predicted octanol–water partition coefficient (Wildman–Crippen LogP) is 2.61. The summed E-state index contributed by atoms with van der Waals surface area (Å²) in [6, 6.07) is 7.10. The molecule has 1 heterocycles. The third-order valence-electron chi connectivity index (χ3n) is 4.03. The van der Waals surface area contributed by atoms with Crippen LogP contribution in [-0.4, -0.2) is 34.9 Å². The van der Waals surface area contributed by atoms with Crippen molar-refractivity contribution in [3.05, 3.63) is 41.9 Å². The highest BCUT2D eigenvalue weighted by atomic mass is 19.3. The summed E-state index contributed by atoms with van der Waals surface area (Å²) in [5, 5.41) is 0. The van der Waals surface area contributed by atoms with Crippen LogP contribution in [0.3, 0.4) is 0 Å². The fourth-order valence-electron chi connectivity index (χ4n) is 2.54. The number of halogens is 2. The van der Waals surface area contributed by atoms with Crippen molar-refractivity contribution in [2.75, 3.05) is 0 Å². The van der Waals surface area contributed by atoms with Crippen LogP contribution >= 0.6 is 0 Å². The van der Waals surface area contributed by atoms with Gasteiger partial charge in [-0.2, -0.15) is 0 Å². The maximum atomic E-state index is 13.1. The molecule has 2 aromatic rings. The Hall–Kier alpha value is -2.70. The van der Waals surface area contributed by atoms with E-state index in [1.54, 1.807) is 18.2 Å². The summed E-state index contributed by atoms with van der Waals surface area (Å²) in [4.78, 5) is 23.5. The van der Waals surface area contributed by atoms with Crippen molar-refractivity contribution in [1.82, 2.24) is 9.97 Å². The molecule has 2 N–H and O–H groups in total. The molecule has 5 nitrogen and oxygen atoms in total. The lowest BCUT2D eigenvalue weighted by atomic mass is 9.82. The van der Waals surface area contributed by atoms with E-state index in [9.17, 15) is 13.6 Å². The number of nitrogens with zero attached hydrogens (tertiary/aromatic N) is 3. The molecule has 7 heteroatoms. The van der Waals surface area contributed by atoms with Gasteiger partial charge in [-0.1, -0.05) is 12.1 Å². The van der Waals surface area contributed by atoms with Crippen LogP contribution in [0.25, 0.3) is 16.6 Å². The average molecular weight is 330 g/mol. The number of carbonyl (C=O) groups excluding carboxylic acids is 1. The Labute approximate surface area is 137 Å². The number of rotatable bonds is 5. The van der Waals surface area contributed by atoms with Gasteiger partial charge in [0.2, 0.25) is 0 Å². The van der Waals surface area contributed by atoms with E-state index in [1.807, 2.05) is 6.07 Å². The summed E-state index contributed by atoms with van der Waals surface area (Å²) in [6.07, 6.45) is 2.07. The van der Waals surface area contributed by atoms with Gasteiger partial charge in [0.05, 0.1) is 34.7 Å². The van der Waals surface area contributed by atoms with Crippen molar-refractivity contribution < 1.29 is 13.6 Å². The summed E-state index contributed by atoms with van der Waals surface area (Å²) in [5.74, 6) is 0.00693. The van der Waals surface area contributed by atoms with Crippen molar-refractivity contribution in [2.24, 2.45) is 16.6 Å². The second kappa shape index (κ2) is 6.82. The normalized spacial score (nSPS) is 21.8. The first-order chi connectivity index (χ1) is 11.6.